The lowest BCUT2D eigenvalue weighted by molar-refractivity contribution is -0.127. The molecule has 1 aromatic carbocycles. The summed E-state index contributed by atoms with van der Waals surface area (Å²) in [7, 11) is 0. The Morgan fingerprint density at radius 1 is 1.17 bits per heavy atom. The Kier molecular flexibility index (Phi) is 9.27. The van der Waals surface area contributed by atoms with Crippen molar-refractivity contribution in [3.8, 4) is 0 Å². The van der Waals surface area contributed by atoms with Crippen LogP contribution in [0.25, 0.3) is 5.78 Å². The van der Waals surface area contributed by atoms with E-state index in [0.29, 0.717) is 37.0 Å². The molecule has 3 fully saturated rings. The zero-order valence-electron chi connectivity index (χ0n) is 26.8. The zero-order valence-corrected chi connectivity index (χ0v) is 26.8. The molecule has 4 atom stereocenters. The van der Waals surface area contributed by atoms with Crippen molar-refractivity contribution in [1.82, 2.24) is 30.2 Å². The molecule has 0 spiro atoms. The summed E-state index contributed by atoms with van der Waals surface area (Å²) >= 11 is 0. The fourth-order valence-corrected chi connectivity index (χ4v) is 7.19. The highest BCUT2D eigenvalue weighted by Gasteiger charge is 2.40. The van der Waals surface area contributed by atoms with E-state index in [2.05, 4.69) is 31.4 Å². The van der Waals surface area contributed by atoms with Gasteiger partial charge in [0.1, 0.15) is 6.61 Å². The predicted octanol–water partition coefficient (Wildman–Crippen LogP) is 5.90. The first-order valence-corrected chi connectivity index (χ1v) is 16.5. The molecule has 2 aliphatic heterocycles. The average molecular weight is 639 g/mol. The highest BCUT2D eigenvalue weighted by Crippen LogP contribution is 2.42. The van der Waals surface area contributed by atoms with Crippen molar-refractivity contribution in [2.24, 2.45) is 17.8 Å². The topological polar surface area (TPSA) is 120 Å². The second kappa shape index (κ2) is 13.2. The quantitative estimate of drug-likeness (QED) is 0.315. The molecule has 3 aliphatic rings. The summed E-state index contributed by atoms with van der Waals surface area (Å²) in [5.74, 6) is -2.38. The van der Waals surface area contributed by atoms with Crippen LogP contribution in [-0.2, 0) is 27.3 Å². The Morgan fingerprint density at radius 2 is 1.93 bits per heavy atom. The summed E-state index contributed by atoms with van der Waals surface area (Å²) in [6.07, 6.45) is 3.77. The molecule has 2 aromatic heterocycles. The van der Waals surface area contributed by atoms with E-state index < -0.39 is 18.1 Å². The molecule has 6 rings (SSSR count). The first-order valence-electron chi connectivity index (χ1n) is 16.5. The van der Waals surface area contributed by atoms with Crippen molar-refractivity contribution in [3.05, 3.63) is 59.2 Å². The summed E-state index contributed by atoms with van der Waals surface area (Å²) in [4.78, 5) is 35.8. The van der Waals surface area contributed by atoms with Gasteiger partial charge in [0.2, 0.25) is 11.8 Å². The Bertz CT molecular complexity index is 1540. The minimum atomic E-state index is -2.72. The van der Waals surface area contributed by atoms with Crippen LogP contribution in [0.2, 0.25) is 0 Å². The van der Waals surface area contributed by atoms with Gasteiger partial charge in [0.05, 0.1) is 34.9 Å². The number of aromatic nitrogens is 4. The first kappa shape index (κ1) is 32.3. The van der Waals surface area contributed by atoms with E-state index in [1.807, 2.05) is 30.3 Å². The number of carbonyl (C=O) groups excluding carboxylic acids is 2. The van der Waals surface area contributed by atoms with Gasteiger partial charge in [-0.15, -0.1) is 0 Å². The Hall–Kier alpha value is -3.67. The Balaban J connectivity index is 1.32. The molecule has 2 N–H and O–H groups in total. The van der Waals surface area contributed by atoms with Crippen LogP contribution < -0.4 is 10.6 Å². The molecule has 2 saturated heterocycles. The third-order valence-electron chi connectivity index (χ3n) is 9.68. The number of fused-ring (bicyclic) bond motifs is 1. The summed E-state index contributed by atoms with van der Waals surface area (Å²) in [6, 6.07) is 8.67. The average Bonchev–Trinajstić information content (AvgIpc) is 3.43. The van der Waals surface area contributed by atoms with Crippen LogP contribution in [0, 0.1) is 17.8 Å². The van der Waals surface area contributed by atoms with E-state index in [0.717, 1.165) is 36.2 Å². The van der Waals surface area contributed by atoms with Crippen molar-refractivity contribution in [2.45, 2.75) is 102 Å². The first-order chi connectivity index (χ1) is 21.9. The number of benzene rings is 1. The van der Waals surface area contributed by atoms with Gasteiger partial charge in [-0.3, -0.25) is 4.79 Å². The molecule has 0 bridgehead atoms. The molecule has 4 heterocycles. The standard InChI is InChI=1S/C34H44F2N6O4/c1-21-15-25(30(43)37-18-21)16-26-29(24-11-14-46-33(2,3)17-24)39-31-38-27(19-42(31)41-26)28(23-9-12-34(35,36)13-10-23)40-32(44)45-20-22-7-5-4-6-8-22/h4-8,19,21,23-25,28H,9-18,20H2,1-3H3,(H,37,43)(H,40,44)/t21-,24-,25+,28-/m0/s1. The normalized spacial score (nSPS) is 25.5. The van der Waals surface area contributed by atoms with E-state index in [1.54, 1.807) is 10.7 Å². The smallest absolute Gasteiger partial charge is 0.408 e. The molecule has 0 unspecified atom stereocenters. The van der Waals surface area contributed by atoms with Gasteiger partial charge in [-0.05, 0) is 63.4 Å². The van der Waals surface area contributed by atoms with E-state index in [9.17, 15) is 18.4 Å². The van der Waals surface area contributed by atoms with Crippen molar-refractivity contribution in [3.63, 3.8) is 0 Å². The van der Waals surface area contributed by atoms with Gasteiger partial charge in [0.15, 0.2) is 0 Å². The van der Waals surface area contributed by atoms with Crippen LogP contribution in [0.15, 0.2) is 36.5 Å². The van der Waals surface area contributed by atoms with Crippen molar-refractivity contribution >= 4 is 17.8 Å². The maximum absolute atomic E-state index is 14.2. The molecule has 10 nitrogen and oxygen atoms in total. The van der Waals surface area contributed by atoms with Gasteiger partial charge in [-0.25, -0.2) is 28.1 Å². The van der Waals surface area contributed by atoms with Crippen LogP contribution in [0.3, 0.4) is 0 Å². The van der Waals surface area contributed by atoms with Crippen LogP contribution >= 0.6 is 0 Å². The molecule has 1 saturated carbocycles. The molecular weight excluding hydrogens is 594 g/mol. The number of piperidine rings is 1. The molecule has 12 heteroatoms. The highest BCUT2D eigenvalue weighted by atomic mass is 19.3. The number of hydrogen-bond donors (Lipinski definition) is 2. The molecule has 1 aliphatic carbocycles. The van der Waals surface area contributed by atoms with Gasteiger partial charge in [0, 0.05) is 44.2 Å². The molecule has 2 amide bonds. The summed E-state index contributed by atoms with van der Waals surface area (Å²) < 4.78 is 41.4. The zero-order chi connectivity index (χ0) is 32.5. The number of halogens is 2. The van der Waals surface area contributed by atoms with Crippen molar-refractivity contribution in [1.29, 1.82) is 0 Å². The van der Waals surface area contributed by atoms with Gasteiger partial charge >= 0.3 is 6.09 Å². The lowest BCUT2D eigenvalue weighted by Crippen LogP contribution is -2.42. The molecule has 248 valence electrons. The summed E-state index contributed by atoms with van der Waals surface area (Å²) in [6.45, 7) is 7.60. The minimum Gasteiger partial charge on any atom is -0.445 e. The number of hydrogen-bond acceptors (Lipinski definition) is 7. The van der Waals surface area contributed by atoms with Crippen molar-refractivity contribution < 1.29 is 27.8 Å². The summed E-state index contributed by atoms with van der Waals surface area (Å²) in [5.41, 5.74) is 2.56. The van der Waals surface area contributed by atoms with Crippen LogP contribution in [-0.4, -0.2) is 56.3 Å². The molecular formula is C34H44F2N6O4. The second-order valence-corrected chi connectivity index (χ2v) is 14.0. The number of nitrogens with one attached hydrogen (secondary N) is 2. The fourth-order valence-electron chi connectivity index (χ4n) is 7.19. The van der Waals surface area contributed by atoms with E-state index in [1.165, 1.54) is 0 Å². The third kappa shape index (κ3) is 7.65. The van der Waals surface area contributed by atoms with E-state index in [4.69, 9.17) is 24.5 Å². The van der Waals surface area contributed by atoms with Gasteiger partial charge in [0.25, 0.3) is 5.78 Å². The molecule has 3 aromatic rings. The third-order valence-corrected chi connectivity index (χ3v) is 9.68. The number of amides is 2. The molecule has 0 radical (unpaired) electrons. The second-order valence-electron chi connectivity index (χ2n) is 14.0. The van der Waals surface area contributed by atoms with Gasteiger partial charge in [-0.2, -0.15) is 5.10 Å². The number of carbonyl (C=O) groups is 2. The lowest BCUT2D eigenvalue weighted by Gasteiger charge is -2.36. The SMILES string of the molecule is C[C@@H]1CNC(=O)[C@@H](Cc2nn3cc([C@@H](NC(=O)OCc4ccccc4)C4CCC(F)(F)CC4)nc3nc2[C@H]2CCOC(C)(C)C2)C1. The Morgan fingerprint density at radius 3 is 2.67 bits per heavy atom. The number of imidazole rings is 1. The number of ether oxygens (including phenoxy) is 2. The predicted molar refractivity (Wildman–Crippen MR) is 166 cm³/mol. The van der Waals surface area contributed by atoms with E-state index >= 15 is 0 Å². The summed E-state index contributed by atoms with van der Waals surface area (Å²) in [5, 5.41) is 10.9. The number of nitrogens with zero attached hydrogens (tertiary/aromatic N) is 4. The number of rotatable bonds is 8. The van der Waals surface area contributed by atoms with Crippen LogP contribution in [0.4, 0.5) is 13.6 Å². The largest absolute Gasteiger partial charge is 0.445 e. The lowest BCUT2D eigenvalue weighted by atomic mass is 9.81. The maximum atomic E-state index is 14.2. The van der Waals surface area contributed by atoms with Crippen LogP contribution in [0.5, 0.6) is 0 Å². The van der Waals surface area contributed by atoms with Crippen LogP contribution in [0.1, 0.15) is 100 Å². The highest BCUT2D eigenvalue weighted by molar-refractivity contribution is 5.79. The van der Waals surface area contributed by atoms with Gasteiger partial charge < -0.3 is 20.1 Å². The number of alkyl carbamates (subject to hydrolysis) is 1. The number of alkyl halides is 2. The van der Waals surface area contributed by atoms with Gasteiger partial charge in [-0.1, -0.05) is 37.3 Å². The monoisotopic (exact) mass is 638 g/mol. The minimum absolute atomic E-state index is 0.0250. The Labute approximate surface area is 268 Å². The van der Waals surface area contributed by atoms with E-state index in [-0.39, 0.29) is 61.6 Å². The fraction of sp³-hybridized carbons (Fsp3) is 0.618. The maximum Gasteiger partial charge on any atom is 0.408 e. The van der Waals surface area contributed by atoms with Crippen molar-refractivity contribution in [2.75, 3.05) is 13.2 Å². The molecule has 46 heavy (non-hydrogen) atoms.